The third kappa shape index (κ3) is 3.74. The molecule has 0 saturated heterocycles. The van der Waals surface area contributed by atoms with Gasteiger partial charge in [0.05, 0.1) is 15.1 Å². The van der Waals surface area contributed by atoms with Crippen LogP contribution in [0.15, 0.2) is 68.5 Å². The quantitative estimate of drug-likeness (QED) is 0.235. The molecule has 144 valence electrons. The van der Waals surface area contributed by atoms with Crippen LogP contribution >= 0.6 is 15.9 Å². The van der Waals surface area contributed by atoms with Gasteiger partial charge < -0.3 is 9.52 Å². The Morgan fingerprint density at radius 2 is 2.00 bits per heavy atom. The van der Waals surface area contributed by atoms with Crippen molar-refractivity contribution in [2.45, 2.75) is 6.92 Å². The van der Waals surface area contributed by atoms with Gasteiger partial charge in [0.1, 0.15) is 11.3 Å². The summed E-state index contributed by atoms with van der Waals surface area (Å²) in [5.41, 5.74) is 3.90. The summed E-state index contributed by atoms with van der Waals surface area (Å²) in [5, 5.41) is 21.1. The fourth-order valence-electron chi connectivity index (χ4n) is 2.88. The second-order valence-corrected chi connectivity index (χ2v) is 7.22. The first-order chi connectivity index (χ1) is 13.9. The number of aryl methyl sites for hydroxylation is 1. The molecule has 0 saturated carbocycles. The number of hydrogen-bond acceptors (Lipinski definition) is 6. The van der Waals surface area contributed by atoms with Crippen LogP contribution in [0.3, 0.4) is 0 Å². The highest BCUT2D eigenvalue weighted by Crippen LogP contribution is 2.32. The number of nitrogens with zero attached hydrogens (tertiary/aromatic N) is 3. The second-order valence-electron chi connectivity index (χ2n) is 6.37. The Kier molecular flexibility index (Phi) is 4.85. The number of aromatic nitrogens is 1. The van der Waals surface area contributed by atoms with Gasteiger partial charge in [0.15, 0.2) is 5.58 Å². The van der Waals surface area contributed by atoms with E-state index in [2.05, 4.69) is 25.9 Å². The van der Waals surface area contributed by atoms with Crippen LogP contribution in [0.1, 0.15) is 11.1 Å². The molecule has 0 amide bonds. The maximum Gasteiger partial charge on any atom is 0.271 e. The molecule has 1 N–H and O–H groups in total. The molecule has 8 heteroatoms. The van der Waals surface area contributed by atoms with E-state index in [9.17, 15) is 15.2 Å². The van der Waals surface area contributed by atoms with Gasteiger partial charge in [-0.05, 0) is 52.7 Å². The number of halogens is 1. The maximum absolute atomic E-state index is 11.0. The molecule has 4 aromatic rings. The van der Waals surface area contributed by atoms with Gasteiger partial charge in [-0.2, -0.15) is 0 Å². The number of benzene rings is 3. The van der Waals surface area contributed by atoms with E-state index in [1.165, 1.54) is 18.3 Å². The van der Waals surface area contributed by atoms with Crippen LogP contribution in [-0.2, 0) is 0 Å². The predicted molar refractivity (Wildman–Crippen MR) is 114 cm³/mol. The lowest BCUT2D eigenvalue weighted by Gasteiger charge is -2.02. The van der Waals surface area contributed by atoms with Crippen molar-refractivity contribution in [3.63, 3.8) is 0 Å². The molecule has 0 bridgehead atoms. The zero-order chi connectivity index (χ0) is 20.5. The normalized spacial score (nSPS) is 11.4. The van der Waals surface area contributed by atoms with Gasteiger partial charge >= 0.3 is 0 Å². The number of aliphatic imine (C=N–C) groups is 1. The topological polar surface area (TPSA) is 102 Å². The smallest absolute Gasteiger partial charge is 0.271 e. The Morgan fingerprint density at radius 1 is 1.21 bits per heavy atom. The number of rotatable bonds is 4. The lowest BCUT2D eigenvalue weighted by Crippen LogP contribution is -1.91. The summed E-state index contributed by atoms with van der Waals surface area (Å²) in [4.78, 5) is 19.3. The average Bonchev–Trinajstić information content (AvgIpc) is 3.12. The molecule has 0 spiro atoms. The fourth-order valence-corrected chi connectivity index (χ4v) is 3.34. The minimum absolute atomic E-state index is 0.122. The minimum Gasteiger partial charge on any atom is -0.506 e. The molecule has 1 heterocycles. The van der Waals surface area contributed by atoms with Crippen molar-refractivity contribution >= 4 is 44.6 Å². The van der Waals surface area contributed by atoms with Crippen molar-refractivity contribution in [1.29, 1.82) is 0 Å². The van der Waals surface area contributed by atoms with Gasteiger partial charge in [-0.1, -0.05) is 18.2 Å². The van der Waals surface area contributed by atoms with Crippen LogP contribution in [0.5, 0.6) is 5.75 Å². The van der Waals surface area contributed by atoms with Crippen LogP contribution < -0.4 is 0 Å². The largest absolute Gasteiger partial charge is 0.506 e. The van der Waals surface area contributed by atoms with E-state index in [1.807, 2.05) is 31.2 Å². The molecule has 1 aromatic heterocycles. The van der Waals surface area contributed by atoms with Crippen molar-refractivity contribution in [1.82, 2.24) is 4.98 Å². The summed E-state index contributed by atoms with van der Waals surface area (Å²) in [6.07, 6.45) is 1.37. The lowest BCUT2D eigenvalue weighted by atomic mass is 10.1. The highest BCUT2D eigenvalue weighted by Gasteiger charge is 2.14. The molecule has 0 aliphatic heterocycles. The lowest BCUT2D eigenvalue weighted by molar-refractivity contribution is -0.385. The highest BCUT2D eigenvalue weighted by atomic mass is 79.9. The van der Waals surface area contributed by atoms with Gasteiger partial charge in [0.25, 0.3) is 5.69 Å². The molecule has 0 aliphatic carbocycles. The molecular formula is C21H14BrN3O4. The Hall–Kier alpha value is -3.52. The van der Waals surface area contributed by atoms with Gasteiger partial charge in [-0.3, -0.25) is 15.1 Å². The molecule has 0 fully saturated rings. The molecule has 29 heavy (non-hydrogen) atoms. The Morgan fingerprint density at radius 3 is 2.76 bits per heavy atom. The molecular weight excluding hydrogens is 438 g/mol. The molecule has 4 rings (SSSR count). The number of nitro groups is 1. The number of fused-ring (bicyclic) bond motifs is 1. The fraction of sp³-hybridized carbons (Fsp3) is 0.0476. The molecule has 0 aliphatic rings. The Bertz CT molecular complexity index is 1280. The summed E-state index contributed by atoms with van der Waals surface area (Å²) in [7, 11) is 0. The van der Waals surface area contributed by atoms with Gasteiger partial charge in [-0.25, -0.2) is 4.98 Å². The van der Waals surface area contributed by atoms with E-state index in [1.54, 1.807) is 18.2 Å². The van der Waals surface area contributed by atoms with Crippen molar-refractivity contribution in [3.05, 3.63) is 80.3 Å². The van der Waals surface area contributed by atoms with Crippen LogP contribution in [-0.4, -0.2) is 21.2 Å². The van der Waals surface area contributed by atoms with Gasteiger partial charge in [0, 0.05) is 29.5 Å². The summed E-state index contributed by atoms with van der Waals surface area (Å²) in [5.74, 6) is 0.406. The van der Waals surface area contributed by atoms with Crippen molar-refractivity contribution in [3.8, 4) is 17.2 Å². The first-order valence-electron chi connectivity index (χ1n) is 8.60. The zero-order valence-corrected chi connectivity index (χ0v) is 16.8. The second kappa shape index (κ2) is 7.48. The number of hydrogen-bond donors (Lipinski definition) is 1. The van der Waals surface area contributed by atoms with Crippen molar-refractivity contribution in [2.75, 3.05) is 0 Å². The van der Waals surface area contributed by atoms with Gasteiger partial charge in [0.2, 0.25) is 5.89 Å². The molecule has 0 unspecified atom stereocenters. The predicted octanol–water partition coefficient (Wildman–Crippen LogP) is 5.93. The standard InChI is InChI=1S/C21H14BrN3O4/c1-12-4-2-3-5-16(12)21-24-18-9-14(6-7-19(18)29-21)23-11-13-8-15(25(27)28)10-17(22)20(13)26/h2-11,26H,1H3. The van der Waals surface area contributed by atoms with Crippen molar-refractivity contribution < 1.29 is 14.4 Å². The third-order valence-electron chi connectivity index (χ3n) is 4.39. The summed E-state index contributed by atoms with van der Waals surface area (Å²) < 4.78 is 6.07. The maximum atomic E-state index is 11.0. The van der Waals surface area contributed by atoms with E-state index in [4.69, 9.17) is 4.42 Å². The monoisotopic (exact) mass is 451 g/mol. The van der Waals surface area contributed by atoms with E-state index in [-0.39, 0.29) is 21.5 Å². The number of phenolic OH excluding ortho intramolecular Hbond substituents is 1. The molecule has 7 nitrogen and oxygen atoms in total. The zero-order valence-electron chi connectivity index (χ0n) is 15.2. The number of nitro benzene ring substituents is 1. The van der Waals surface area contributed by atoms with E-state index < -0.39 is 4.92 Å². The van der Waals surface area contributed by atoms with E-state index >= 15 is 0 Å². The molecule has 0 radical (unpaired) electrons. The highest BCUT2D eigenvalue weighted by molar-refractivity contribution is 9.10. The third-order valence-corrected chi connectivity index (χ3v) is 4.99. The summed E-state index contributed by atoms with van der Waals surface area (Å²) in [6, 6.07) is 15.6. The van der Waals surface area contributed by atoms with Crippen LogP contribution in [0.2, 0.25) is 0 Å². The number of phenols is 1. The number of aromatic hydroxyl groups is 1. The van der Waals surface area contributed by atoms with E-state index in [0.717, 1.165) is 11.1 Å². The molecule has 3 aromatic carbocycles. The van der Waals surface area contributed by atoms with Gasteiger partial charge in [-0.15, -0.1) is 0 Å². The first-order valence-corrected chi connectivity index (χ1v) is 9.39. The van der Waals surface area contributed by atoms with E-state index in [0.29, 0.717) is 22.7 Å². The van der Waals surface area contributed by atoms with Crippen LogP contribution in [0.4, 0.5) is 11.4 Å². The summed E-state index contributed by atoms with van der Waals surface area (Å²) in [6.45, 7) is 1.99. The molecule has 0 atom stereocenters. The Balaban J connectivity index is 1.69. The minimum atomic E-state index is -0.532. The van der Waals surface area contributed by atoms with Crippen LogP contribution in [0.25, 0.3) is 22.6 Å². The first kappa shape index (κ1) is 18.8. The average molecular weight is 452 g/mol. The Labute approximate surface area is 173 Å². The number of non-ortho nitro benzene ring substituents is 1. The number of oxazole rings is 1. The SMILES string of the molecule is Cc1ccccc1-c1nc2cc(N=Cc3cc([N+](=O)[O-])cc(Br)c3O)ccc2o1. The summed E-state index contributed by atoms with van der Waals surface area (Å²) >= 11 is 3.12. The van der Waals surface area contributed by atoms with Crippen molar-refractivity contribution in [2.24, 2.45) is 4.99 Å². The van der Waals surface area contributed by atoms with Crippen LogP contribution in [0, 0.1) is 17.0 Å².